The van der Waals surface area contributed by atoms with E-state index in [-0.39, 0.29) is 11.8 Å². The monoisotopic (exact) mass is 361 g/mol. The van der Waals surface area contributed by atoms with Crippen molar-refractivity contribution >= 4 is 17.5 Å². The average molecular weight is 362 g/mol. The number of carbonyl (C=O) groups excluding carboxylic acids is 1. The number of imidazole rings is 1. The van der Waals surface area contributed by atoms with Gasteiger partial charge in [0, 0.05) is 55.6 Å². The van der Waals surface area contributed by atoms with Gasteiger partial charge in [-0.05, 0) is 43.5 Å². The fourth-order valence-electron chi connectivity index (χ4n) is 3.47. The lowest BCUT2D eigenvalue weighted by molar-refractivity contribution is 0.0702. The third-order valence-corrected chi connectivity index (χ3v) is 5.01. The fraction of sp³-hybridized carbons (Fsp3) is 0.474. The predicted octanol–water partition coefficient (Wildman–Crippen LogP) is 3.51. The number of methoxy groups -OCH3 is 1. The van der Waals surface area contributed by atoms with Crippen LogP contribution < -0.4 is 0 Å². The number of hydrogen-bond donors (Lipinski definition) is 0. The van der Waals surface area contributed by atoms with Crippen LogP contribution in [0, 0.1) is 6.92 Å². The van der Waals surface area contributed by atoms with Crippen molar-refractivity contribution in [1.82, 2.24) is 14.5 Å². The number of carbonyl (C=O) groups is 1. The van der Waals surface area contributed by atoms with Crippen molar-refractivity contribution in [2.75, 3.05) is 26.8 Å². The maximum atomic E-state index is 12.9. The first-order valence-corrected chi connectivity index (χ1v) is 9.03. The Balaban J connectivity index is 1.75. The van der Waals surface area contributed by atoms with E-state index in [0.29, 0.717) is 18.2 Å². The molecule has 25 heavy (non-hydrogen) atoms. The number of halogens is 1. The topological polar surface area (TPSA) is 47.4 Å². The molecule has 1 saturated heterocycles. The molecule has 0 saturated carbocycles. The molecule has 0 N–H and O–H groups in total. The Bertz CT molecular complexity index is 744. The van der Waals surface area contributed by atoms with Crippen molar-refractivity contribution in [3.05, 3.63) is 52.6 Å². The summed E-state index contributed by atoms with van der Waals surface area (Å²) in [4.78, 5) is 19.4. The van der Waals surface area contributed by atoms with Crippen LogP contribution in [-0.2, 0) is 11.3 Å². The molecule has 0 radical (unpaired) electrons. The van der Waals surface area contributed by atoms with E-state index in [1.54, 1.807) is 13.2 Å². The van der Waals surface area contributed by atoms with Crippen molar-refractivity contribution in [2.24, 2.45) is 0 Å². The molecule has 2 aromatic rings. The molecule has 1 aliphatic rings. The first-order chi connectivity index (χ1) is 12.1. The van der Waals surface area contributed by atoms with Gasteiger partial charge in [0.25, 0.3) is 5.91 Å². The normalized spacial score (nSPS) is 17.7. The van der Waals surface area contributed by atoms with Crippen molar-refractivity contribution in [3.63, 3.8) is 0 Å². The summed E-state index contributed by atoms with van der Waals surface area (Å²) < 4.78 is 7.31. The Morgan fingerprint density at radius 2 is 2.28 bits per heavy atom. The Labute approximate surface area is 153 Å². The van der Waals surface area contributed by atoms with Gasteiger partial charge < -0.3 is 14.2 Å². The predicted molar refractivity (Wildman–Crippen MR) is 98.2 cm³/mol. The van der Waals surface area contributed by atoms with Gasteiger partial charge in [0.1, 0.15) is 5.82 Å². The third-order valence-electron chi connectivity index (χ3n) is 4.78. The van der Waals surface area contributed by atoms with E-state index in [0.717, 1.165) is 42.9 Å². The molecule has 2 heterocycles. The lowest BCUT2D eigenvalue weighted by Gasteiger charge is -2.33. The van der Waals surface area contributed by atoms with Gasteiger partial charge in [-0.1, -0.05) is 11.6 Å². The summed E-state index contributed by atoms with van der Waals surface area (Å²) in [5.41, 5.74) is 1.65. The summed E-state index contributed by atoms with van der Waals surface area (Å²) in [6.45, 7) is 4.86. The van der Waals surface area contributed by atoms with Gasteiger partial charge in [0.2, 0.25) is 0 Å². The quantitative estimate of drug-likeness (QED) is 0.818. The van der Waals surface area contributed by atoms with E-state index in [1.807, 2.05) is 36.4 Å². The number of ether oxygens (including phenoxy) is 1. The molecule has 1 aromatic carbocycles. The van der Waals surface area contributed by atoms with Gasteiger partial charge in [-0.3, -0.25) is 4.79 Å². The van der Waals surface area contributed by atoms with Crippen molar-refractivity contribution in [3.8, 4) is 0 Å². The smallest absolute Gasteiger partial charge is 0.254 e. The highest BCUT2D eigenvalue weighted by atomic mass is 35.5. The highest BCUT2D eigenvalue weighted by molar-refractivity contribution is 6.30. The van der Waals surface area contributed by atoms with Gasteiger partial charge in [-0.25, -0.2) is 4.98 Å². The van der Waals surface area contributed by atoms with Crippen LogP contribution in [0.4, 0.5) is 0 Å². The van der Waals surface area contributed by atoms with Gasteiger partial charge >= 0.3 is 0 Å². The molecule has 1 aromatic heterocycles. The Morgan fingerprint density at radius 3 is 3.04 bits per heavy atom. The minimum atomic E-state index is 0.0777. The number of benzene rings is 1. The van der Waals surface area contributed by atoms with Crippen LogP contribution in [0.25, 0.3) is 0 Å². The molecule has 1 amide bonds. The molecule has 0 aliphatic carbocycles. The van der Waals surface area contributed by atoms with Crippen LogP contribution >= 0.6 is 11.6 Å². The zero-order valence-electron chi connectivity index (χ0n) is 14.7. The van der Waals surface area contributed by atoms with Crippen LogP contribution in [0.3, 0.4) is 0 Å². The number of rotatable bonds is 5. The Morgan fingerprint density at radius 1 is 1.44 bits per heavy atom. The van der Waals surface area contributed by atoms with E-state index < -0.39 is 0 Å². The number of hydrogen-bond acceptors (Lipinski definition) is 3. The summed E-state index contributed by atoms with van der Waals surface area (Å²) in [6, 6.07) is 5.44. The molecule has 1 unspecified atom stereocenters. The van der Waals surface area contributed by atoms with Crippen LogP contribution in [-0.4, -0.2) is 47.2 Å². The summed E-state index contributed by atoms with van der Waals surface area (Å²) >= 11 is 6.01. The summed E-state index contributed by atoms with van der Waals surface area (Å²) in [6.07, 6.45) is 5.85. The lowest BCUT2D eigenvalue weighted by atomic mass is 9.96. The molecule has 0 spiro atoms. The second-order valence-electron chi connectivity index (χ2n) is 6.52. The first-order valence-electron chi connectivity index (χ1n) is 8.65. The number of amides is 1. The van der Waals surface area contributed by atoms with E-state index in [1.165, 1.54) is 0 Å². The van der Waals surface area contributed by atoms with E-state index >= 15 is 0 Å². The minimum absolute atomic E-state index is 0.0777. The number of aromatic nitrogens is 2. The van der Waals surface area contributed by atoms with E-state index in [4.69, 9.17) is 16.3 Å². The molecular formula is C19H24ClN3O2. The molecule has 1 aliphatic heterocycles. The first kappa shape index (κ1) is 18.0. The zero-order chi connectivity index (χ0) is 17.8. The number of nitrogens with zero attached hydrogens (tertiary/aromatic N) is 3. The molecule has 3 rings (SSSR count). The van der Waals surface area contributed by atoms with Crippen LogP contribution in [0.5, 0.6) is 0 Å². The molecule has 6 heteroatoms. The van der Waals surface area contributed by atoms with Crippen LogP contribution in [0.2, 0.25) is 5.02 Å². The highest BCUT2D eigenvalue weighted by Crippen LogP contribution is 2.27. The van der Waals surface area contributed by atoms with Gasteiger partial charge in [-0.15, -0.1) is 0 Å². The van der Waals surface area contributed by atoms with E-state index in [9.17, 15) is 4.79 Å². The Kier molecular flexibility index (Phi) is 5.76. The SMILES string of the molecule is COCCn1ccnc1C1CCCN(C(=O)c2ccc(Cl)cc2C)C1. The summed E-state index contributed by atoms with van der Waals surface area (Å²) in [5.74, 6) is 1.38. The van der Waals surface area contributed by atoms with Crippen molar-refractivity contribution in [2.45, 2.75) is 32.2 Å². The second-order valence-corrected chi connectivity index (χ2v) is 6.96. The largest absolute Gasteiger partial charge is 0.383 e. The molecule has 0 bridgehead atoms. The zero-order valence-corrected chi connectivity index (χ0v) is 15.5. The van der Waals surface area contributed by atoms with Crippen molar-refractivity contribution < 1.29 is 9.53 Å². The van der Waals surface area contributed by atoms with Gasteiger partial charge in [0.05, 0.1) is 6.61 Å². The fourth-order valence-corrected chi connectivity index (χ4v) is 3.70. The standard InChI is InChI=1S/C19H24ClN3O2/c1-14-12-16(20)5-6-17(14)19(24)23-8-3-4-15(13-23)18-21-7-9-22(18)10-11-25-2/h5-7,9,12,15H,3-4,8,10-11,13H2,1-2H3. The number of aryl methyl sites for hydroxylation is 1. The third kappa shape index (κ3) is 4.05. The maximum Gasteiger partial charge on any atom is 0.254 e. The number of likely N-dealkylation sites (tertiary alicyclic amines) is 1. The van der Waals surface area contributed by atoms with Gasteiger partial charge in [0.15, 0.2) is 0 Å². The van der Waals surface area contributed by atoms with Gasteiger partial charge in [-0.2, -0.15) is 0 Å². The van der Waals surface area contributed by atoms with Crippen molar-refractivity contribution in [1.29, 1.82) is 0 Å². The summed E-state index contributed by atoms with van der Waals surface area (Å²) in [7, 11) is 1.70. The molecule has 1 fully saturated rings. The average Bonchev–Trinajstić information content (AvgIpc) is 3.08. The maximum absolute atomic E-state index is 12.9. The molecule has 1 atom stereocenters. The molecular weight excluding hydrogens is 338 g/mol. The number of piperidine rings is 1. The molecule has 5 nitrogen and oxygen atoms in total. The lowest BCUT2D eigenvalue weighted by Crippen LogP contribution is -2.40. The van der Waals surface area contributed by atoms with Crippen LogP contribution in [0.1, 0.15) is 40.5 Å². The highest BCUT2D eigenvalue weighted by Gasteiger charge is 2.28. The second kappa shape index (κ2) is 8.02. The minimum Gasteiger partial charge on any atom is -0.383 e. The Hall–Kier alpha value is -1.85. The molecule has 134 valence electrons. The van der Waals surface area contributed by atoms with Crippen LogP contribution in [0.15, 0.2) is 30.6 Å². The summed E-state index contributed by atoms with van der Waals surface area (Å²) in [5, 5.41) is 0.658. The van der Waals surface area contributed by atoms with E-state index in [2.05, 4.69) is 9.55 Å².